The van der Waals surface area contributed by atoms with Gasteiger partial charge in [-0.05, 0) is 15.9 Å². The number of halogens is 1. The molecule has 0 unspecified atom stereocenters. The van der Waals surface area contributed by atoms with Gasteiger partial charge in [-0.25, -0.2) is 9.69 Å². The van der Waals surface area contributed by atoms with Gasteiger partial charge in [0.15, 0.2) is 0 Å². The third-order valence-electron chi connectivity index (χ3n) is 1.84. The van der Waals surface area contributed by atoms with Crippen LogP contribution in [0, 0.1) is 0 Å². The Kier molecular flexibility index (Phi) is 4.64. The summed E-state index contributed by atoms with van der Waals surface area (Å²) in [6.45, 7) is -0.212. The van der Waals surface area contributed by atoms with E-state index in [-0.39, 0.29) is 6.54 Å². The third kappa shape index (κ3) is 3.53. The molecule has 0 radical (unpaired) electrons. The Balaban J connectivity index is 3.02. The number of anilines is 1. The van der Waals surface area contributed by atoms with Gasteiger partial charge in [-0.3, -0.25) is 9.59 Å². The molecule has 0 fully saturated rings. The number of nitrogens with zero attached hydrogens (tertiary/aromatic N) is 3. The van der Waals surface area contributed by atoms with E-state index in [0.29, 0.717) is 10.2 Å². The maximum Gasteiger partial charge on any atom is 0.327 e. The second-order valence-electron chi connectivity index (χ2n) is 3.42. The maximum atomic E-state index is 11.8. The fraction of sp³-hybridized carbons (Fsp3) is 0.444. The zero-order valence-corrected chi connectivity index (χ0v) is 11.3. The summed E-state index contributed by atoms with van der Waals surface area (Å²) in [5, 5.41) is 5.54. The number of esters is 1. The van der Waals surface area contributed by atoms with Crippen molar-refractivity contribution in [3.05, 3.63) is 21.0 Å². The number of methoxy groups -OCH3 is 1. The maximum absolute atomic E-state index is 11.8. The molecule has 17 heavy (non-hydrogen) atoms. The van der Waals surface area contributed by atoms with Crippen molar-refractivity contribution in [1.29, 1.82) is 0 Å². The van der Waals surface area contributed by atoms with Crippen molar-refractivity contribution in [2.24, 2.45) is 0 Å². The number of hydrazine groups is 1. The quantitative estimate of drug-likeness (QED) is 0.626. The number of rotatable bonds is 4. The molecule has 0 saturated heterocycles. The van der Waals surface area contributed by atoms with Crippen molar-refractivity contribution < 1.29 is 9.53 Å². The van der Waals surface area contributed by atoms with Crippen LogP contribution in [-0.4, -0.2) is 42.0 Å². The van der Waals surface area contributed by atoms with Crippen molar-refractivity contribution in [2.75, 3.05) is 26.6 Å². The van der Waals surface area contributed by atoms with Crippen molar-refractivity contribution in [3.8, 4) is 0 Å². The van der Waals surface area contributed by atoms with Gasteiger partial charge in [0, 0.05) is 14.1 Å². The number of carbonyl (C=O) groups is 1. The summed E-state index contributed by atoms with van der Waals surface area (Å²) < 4.78 is 5.80. The highest BCUT2D eigenvalue weighted by Gasteiger charge is 2.11. The molecule has 0 atom stereocenters. The summed E-state index contributed by atoms with van der Waals surface area (Å²) in [4.78, 5) is 22.9. The van der Waals surface area contributed by atoms with Crippen LogP contribution in [0.4, 0.5) is 5.69 Å². The first-order valence-corrected chi connectivity index (χ1v) is 5.51. The van der Waals surface area contributed by atoms with Crippen LogP contribution in [0.2, 0.25) is 0 Å². The number of ether oxygens (including phenoxy) is 1. The van der Waals surface area contributed by atoms with Crippen LogP contribution >= 0.6 is 15.9 Å². The molecule has 1 N–H and O–H groups in total. The summed E-state index contributed by atoms with van der Waals surface area (Å²) in [6, 6.07) is 0. The first-order valence-electron chi connectivity index (χ1n) is 4.72. The summed E-state index contributed by atoms with van der Waals surface area (Å²) in [5.41, 5.74) is 3.03. The second kappa shape index (κ2) is 5.78. The highest BCUT2D eigenvalue weighted by molar-refractivity contribution is 9.10. The van der Waals surface area contributed by atoms with E-state index in [1.165, 1.54) is 13.3 Å². The lowest BCUT2D eigenvalue weighted by Crippen LogP contribution is -2.30. The number of hydrogen-bond acceptors (Lipinski definition) is 6. The fourth-order valence-corrected chi connectivity index (χ4v) is 1.48. The van der Waals surface area contributed by atoms with E-state index in [4.69, 9.17) is 0 Å². The van der Waals surface area contributed by atoms with Crippen LogP contribution in [0.25, 0.3) is 0 Å². The number of hydrogen-bond donors (Lipinski definition) is 1. The molecule has 0 saturated carbocycles. The molecule has 0 aliphatic carbocycles. The molecule has 1 aromatic heterocycles. The van der Waals surface area contributed by atoms with Crippen LogP contribution < -0.4 is 11.0 Å². The van der Waals surface area contributed by atoms with E-state index >= 15 is 0 Å². The van der Waals surface area contributed by atoms with Gasteiger partial charge in [0.2, 0.25) is 0 Å². The first kappa shape index (κ1) is 13.7. The molecular formula is C9H13BrN4O3. The number of nitrogens with one attached hydrogen (secondary N) is 1. The van der Waals surface area contributed by atoms with Crippen LogP contribution in [0.1, 0.15) is 0 Å². The summed E-state index contributed by atoms with van der Waals surface area (Å²) >= 11 is 3.16. The predicted octanol–water partition coefficient (Wildman–Crippen LogP) is 0.0673. The predicted molar refractivity (Wildman–Crippen MR) is 65.5 cm³/mol. The monoisotopic (exact) mass is 304 g/mol. The lowest BCUT2D eigenvalue weighted by atomic mass is 10.5. The van der Waals surface area contributed by atoms with Gasteiger partial charge >= 0.3 is 5.97 Å². The van der Waals surface area contributed by atoms with Crippen molar-refractivity contribution in [2.45, 2.75) is 6.54 Å². The molecule has 0 amide bonds. The van der Waals surface area contributed by atoms with Crippen molar-refractivity contribution in [3.63, 3.8) is 0 Å². The van der Waals surface area contributed by atoms with E-state index < -0.39 is 11.5 Å². The minimum atomic E-state index is -0.528. The summed E-state index contributed by atoms with van der Waals surface area (Å²) in [7, 11) is 4.82. The van der Waals surface area contributed by atoms with E-state index in [0.717, 1.165) is 4.68 Å². The van der Waals surface area contributed by atoms with E-state index in [9.17, 15) is 9.59 Å². The third-order valence-corrected chi connectivity index (χ3v) is 2.60. The van der Waals surface area contributed by atoms with Crippen LogP contribution in [0.15, 0.2) is 15.5 Å². The van der Waals surface area contributed by atoms with Gasteiger partial charge in [0.1, 0.15) is 11.0 Å². The van der Waals surface area contributed by atoms with Crippen LogP contribution in [0.3, 0.4) is 0 Å². The molecule has 0 aliphatic rings. The lowest BCUT2D eigenvalue weighted by Gasteiger charge is -2.14. The zero-order valence-electron chi connectivity index (χ0n) is 9.73. The second-order valence-corrected chi connectivity index (χ2v) is 4.21. The summed E-state index contributed by atoms with van der Waals surface area (Å²) in [6.07, 6.45) is 1.45. The molecule has 0 aliphatic heterocycles. The molecule has 94 valence electrons. The average Bonchev–Trinajstić information content (AvgIpc) is 2.28. The normalized spacial score (nSPS) is 10.4. The van der Waals surface area contributed by atoms with Gasteiger partial charge in [-0.1, -0.05) is 0 Å². The molecule has 7 nitrogen and oxygen atoms in total. The van der Waals surface area contributed by atoms with Crippen LogP contribution in [0.5, 0.6) is 0 Å². The smallest absolute Gasteiger partial charge is 0.327 e. The van der Waals surface area contributed by atoms with Gasteiger partial charge in [-0.2, -0.15) is 5.10 Å². The zero-order chi connectivity index (χ0) is 13.0. The molecule has 1 aromatic rings. The molecule has 1 rings (SSSR count). The Hall–Kier alpha value is -1.41. The molecule has 8 heteroatoms. The van der Waals surface area contributed by atoms with Crippen molar-refractivity contribution in [1.82, 2.24) is 14.8 Å². The molecule has 0 bridgehead atoms. The average molecular weight is 305 g/mol. The number of aromatic nitrogens is 2. The standard InChI is InChI=1S/C9H13BrN4O3/c1-13(2)12-6-4-11-14(5-7(15)17-3)9(16)8(6)10/h4,12H,5H2,1-3H3. The van der Waals surface area contributed by atoms with E-state index in [1.807, 2.05) is 0 Å². The molecule has 0 spiro atoms. The Morgan fingerprint density at radius 3 is 2.82 bits per heavy atom. The van der Waals surface area contributed by atoms with E-state index in [2.05, 4.69) is 31.2 Å². The van der Waals surface area contributed by atoms with Gasteiger partial charge in [0.25, 0.3) is 5.56 Å². The SMILES string of the molecule is COC(=O)Cn1ncc(NN(C)C)c(Br)c1=O. The highest BCUT2D eigenvalue weighted by atomic mass is 79.9. The van der Waals surface area contributed by atoms with Gasteiger partial charge in [0.05, 0.1) is 19.0 Å². The lowest BCUT2D eigenvalue weighted by molar-refractivity contribution is -0.141. The molecular weight excluding hydrogens is 292 g/mol. The summed E-state index contributed by atoms with van der Waals surface area (Å²) in [5.74, 6) is -0.528. The first-order chi connectivity index (χ1) is 7.95. The molecule has 1 heterocycles. The van der Waals surface area contributed by atoms with Gasteiger partial charge < -0.3 is 10.2 Å². The Labute approximate surface area is 106 Å². The minimum Gasteiger partial charge on any atom is -0.468 e. The van der Waals surface area contributed by atoms with Crippen molar-refractivity contribution >= 4 is 27.6 Å². The fourth-order valence-electron chi connectivity index (χ4n) is 1.08. The van der Waals surface area contributed by atoms with Gasteiger partial charge in [-0.15, -0.1) is 0 Å². The molecule has 0 aromatic carbocycles. The topological polar surface area (TPSA) is 76.5 Å². The Morgan fingerprint density at radius 1 is 1.65 bits per heavy atom. The minimum absolute atomic E-state index is 0.212. The van der Waals surface area contributed by atoms with E-state index in [1.54, 1.807) is 19.1 Å². The largest absolute Gasteiger partial charge is 0.468 e. The Bertz CT molecular complexity index is 472. The number of carbonyl (C=O) groups excluding carboxylic acids is 1. The highest BCUT2D eigenvalue weighted by Crippen LogP contribution is 2.15. The Morgan fingerprint density at radius 2 is 2.29 bits per heavy atom. The van der Waals surface area contributed by atoms with Crippen LogP contribution in [-0.2, 0) is 16.1 Å².